The Morgan fingerprint density at radius 2 is 1.32 bits per heavy atom. The van der Waals surface area contributed by atoms with Crippen LogP contribution in [-0.2, 0) is 10.7 Å². The number of hydrogen-bond donors (Lipinski definition) is 0. The third-order valence-corrected chi connectivity index (χ3v) is 3.32. The molecule has 0 fully saturated rings. The molecule has 0 saturated carbocycles. The van der Waals surface area contributed by atoms with Gasteiger partial charge in [0, 0.05) is 12.5 Å². The van der Waals surface area contributed by atoms with Gasteiger partial charge in [0.05, 0.1) is 5.88 Å². The van der Waals surface area contributed by atoms with Gasteiger partial charge in [-0.15, -0.1) is 11.6 Å². The Labute approximate surface area is 135 Å². The van der Waals surface area contributed by atoms with Gasteiger partial charge in [0.2, 0.25) is 0 Å². The zero-order valence-electron chi connectivity index (χ0n) is 12.3. The molecule has 22 heavy (non-hydrogen) atoms. The monoisotopic (exact) mass is 312 g/mol. The highest BCUT2D eigenvalue weighted by Crippen LogP contribution is 2.19. The summed E-state index contributed by atoms with van der Waals surface area (Å²) in [7, 11) is 0. The number of ether oxygens (including phenoxy) is 1. The van der Waals surface area contributed by atoms with Crippen LogP contribution in [0.3, 0.4) is 0 Å². The number of hydrogen-bond acceptors (Lipinski definition) is 2. The molecular formula is C19H17ClO2. The number of rotatable bonds is 2. The Bertz CT molecular complexity index is 688. The van der Waals surface area contributed by atoms with Gasteiger partial charge in [0.1, 0.15) is 5.75 Å². The van der Waals surface area contributed by atoms with E-state index < -0.39 is 0 Å². The smallest absolute Gasteiger partial charge is 0.308 e. The van der Waals surface area contributed by atoms with Crippen molar-refractivity contribution in [2.45, 2.75) is 12.8 Å². The van der Waals surface area contributed by atoms with E-state index in [1.807, 2.05) is 12.1 Å². The number of para-hydroxylation sites is 1. The van der Waals surface area contributed by atoms with Gasteiger partial charge in [-0.05, 0) is 16.8 Å². The fourth-order valence-electron chi connectivity index (χ4n) is 2.00. The molecule has 0 radical (unpaired) electrons. The molecule has 0 bridgehead atoms. The Hall–Kier alpha value is -2.32. The van der Waals surface area contributed by atoms with E-state index in [2.05, 4.69) is 48.5 Å². The Morgan fingerprint density at radius 3 is 1.77 bits per heavy atom. The molecule has 112 valence electrons. The largest absolute Gasteiger partial charge is 0.426 e. The van der Waals surface area contributed by atoms with Crippen molar-refractivity contribution < 1.29 is 9.53 Å². The van der Waals surface area contributed by atoms with E-state index in [0.717, 1.165) is 5.56 Å². The lowest BCUT2D eigenvalue weighted by atomic mass is 10.1. The van der Waals surface area contributed by atoms with Gasteiger partial charge < -0.3 is 4.74 Å². The lowest BCUT2D eigenvalue weighted by Crippen LogP contribution is -2.02. The van der Waals surface area contributed by atoms with Crippen molar-refractivity contribution in [2.24, 2.45) is 0 Å². The first kappa shape index (κ1) is 16.1. The molecule has 0 aliphatic carbocycles. The van der Waals surface area contributed by atoms with Crippen molar-refractivity contribution >= 4 is 28.3 Å². The van der Waals surface area contributed by atoms with E-state index in [1.165, 1.54) is 17.7 Å². The first-order chi connectivity index (χ1) is 10.7. The Balaban J connectivity index is 0.000000162. The minimum Gasteiger partial charge on any atom is -0.426 e. The molecule has 3 aromatic rings. The summed E-state index contributed by atoms with van der Waals surface area (Å²) in [6.07, 6.45) is 0. The van der Waals surface area contributed by atoms with Gasteiger partial charge in [0.15, 0.2) is 0 Å². The standard InChI is InChI=1S/C10H8.C9H9ClO2/c1-2-6-10-8-4-3-7-9(10)5-1;1-7(11)12-9-5-3-2-4-8(9)6-10/h1-8H;2-5H,6H2,1H3. The molecule has 0 atom stereocenters. The van der Waals surface area contributed by atoms with E-state index in [1.54, 1.807) is 12.1 Å². The minimum absolute atomic E-state index is 0.326. The minimum atomic E-state index is -0.326. The summed E-state index contributed by atoms with van der Waals surface area (Å²) in [5.41, 5.74) is 0.828. The number of carbonyl (C=O) groups is 1. The van der Waals surface area contributed by atoms with Crippen LogP contribution >= 0.6 is 11.6 Å². The van der Waals surface area contributed by atoms with E-state index in [-0.39, 0.29) is 5.97 Å². The number of carbonyl (C=O) groups excluding carboxylic acids is 1. The predicted molar refractivity (Wildman–Crippen MR) is 91.3 cm³/mol. The predicted octanol–water partition coefficient (Wildman–Crippen LogP) is 5.19. The molecule has 0 heterocycles. The van der Waals surface area contributed by atoms with Gasteiger partial charge >= 0.3 is 5.97 Å². The van der Waals surface area contributed by atoms with Crippen molar-refractivity contribution in [2.75, 3.05) is 0 Å². The fraction of sp³-hybridized carbons (Fsp3) is 0.105. The van der Waals surface area contributed by atoms with Crippen LogP contribution in [0.4, 0.5) is 0 Å². The highest BCUT2D eigenvalue weighted by atomic mass is 35.5. The zero-order valence-corrected chi connectivity index (χ0v) is 13.1. The van der Waals surface area contributed by atoms with Gasteiger partial charge in [-0.2, -0.15) is 0 Å². The van der Waals surface area contributed by atoms with Crippen LogP contribution in [0, 0.1) is 0 Å². The second-order valence-corrected chi connectivity index (χ2v) is 4.95. The number of benzene rings is 3. The van der Waals surface area contributed by atoms with Crippen molar-refractivity contribution in [1.29, 1.82) is 0 Å². The van der Waals surface area contributed by atoms with E-state index in [9.17, 15) is 4.79 Å². The maximum absolute atomic E-state index is 10.6. The Morgan fingerprint density at radius 1 is 0.864 bits per heavy atom. The summed E-state index contributed by atoms with van der Waals surface area (Å²) in [5.74, 6) is 0.566. The molecule has 0 aliphatic heterocycles. The first-order valence-electron chi connectivity index (χ1n) is 6.97. The van der Waals surface area contributed by atoms with Crippen LogP contribution in [0.1, 0.15) is 12.5 Å². The molecule has 2 nitrogen and oxygen atoms in total. The zero-order chi connectivity index (χ0) is 15.8. The molecular weight excluding hydrogens is 296 g/mol. The Kier molecular flexibility index (Phi) is 5.99. The first-order valence-corrected chi connectivity index (χ1v) is 7.50. The molecule has 3 rings (SSSR count). The molecule has 3 aromatic carbocycles. The number of fused-ring (bicyclic) bond motifs is 1. The molecule has 0 spiro atoms. The van der Waals surface area contributed by atoms with Crippen LogP contribution in [0.5, 0.6) is 5.75 Å². The van der Waals surface area contributed by atoms with E-state index in [4.69, 9.17) is 16.3 Å². The third-order valence-electron chi connectivity index (χ3n) is 3.03. The molecule has 0 amide bonds. The molecule has 0 saturated heterocycles. The maximum atomic E-state index is 10.6. The van der Waals surface area contributed by atoms with Gasteiger partial charge in [0.25, 0.3) is 0 Å². The lowest BCUT2D eigenvalue weighted by molar-refractivity contribution is -0.131. The quantitative estimate of drug-likeness (QED) is 0.370. The second-order valence-electron chi connectivity index (χ2n) is 4.68. The molecule has 0 N–H and O–H groups in total. The summed E-state index contributed by atoms with van der Waals surface area (Å²) in [6, 6.07) is 23.9. The summed E-state index contributed by atoms with van der Waals surface area (Å²) in [6.45, 7) is 1.37. The number of halogens is 1. The van der Waals surface area contributed by atoms with Crippen LogP contribution in [0.2, 0.25) is 0 Å². The second kappa shape index (κ2) is 8.20. The third kappa shape index (κ3) is 4.61. The SMILES string of the molecule is CC(=O)Oc1ccccc1CCl.c1ccc2ccccc2c1. The summed E-state index contributed by atoms with van der Waals surface area (Å²) >= 11 is 5.62. The molecule has 0 unspecified atom stereocenters. The topological polar surface area (TPSA) is 26.3 Å². The summed E-state index contributed by atoms with van der Waals surface area (Å²) in [5, 5.41) is 2.62. The number of alkyl halides is 1. The van der Waals surface area contributed by atoms with Crippen molar-refractivity contribution in [3.63, 3.8) is 0 Å². The highest BCUT2D eigenvalue weighted by Gasteiger charge is 2.02. The van der Waals surface area contributed by atoms with Gasteiger partial charge in [-0.25, -0.2) is 0 Å². The normalized spacial score (nSPS) is 9.73. The molecule has 3 heteroatoms. The van der Waals surface area contributed by atoms with Crippen LogP contribution in [-0.4, -0.2) is 5.97 Å². The van der Waals surface area contributed by atoms with Crippen molar-refractivity contribution in [1.82, 2.24) is 0 Å². The lowest BCUT2D eigenvalue weighted by Gasteiger charge is -2.04. The maximum Gasteiger partial charge on any atom is 0.308 e. The van der Waals surface area contributed by atoms with Crippen LogP contribution < -0.4 is 4.74 Å². The van der Waals surface area contributed by atoms with E-state index in [0.29, 0.717) is 11.6 Å². The fourth-order valence-corrected chi connectivity index (χ4v) is 2.22. The molecule has 0 aromatic heterocycles. The average molecular weight is 313 g/mol. The number of esters is 1. The van der Waals surface area contributed by atoms with Crippen LogP contribution in [0.25, 0.3) is 10.8 Å². The van der Waals surface area contributed by atoms with Gasteiger partial charge in [-0.1, -0.05) is 66.7 Å². The summed E-state index contributed by atoms with van der Waals surface area (Å²) in [4.78, 5) is 10.6. The average Bonchev–Trinajstić information content (AvgIpc) is 2.55. The van der Waals surface area contributed by atoms with Crippen LogP contribution in [0.15, 0.2) is 72.8 Å². The summed E-state index contributed by atoms with van der Waals surface area (Å²) < 4.78 is 4.91. The van der Waals surface area contributed by atoms with Crippen molar-refractivity contribution in [3.05, 3.63) is 78.4 Å². The van der Waals surface area contributed by atoms with Crippen molar-refractivity contribution in [3.8, 4) is 5.75 Å². The highest BCUT2D eigenvalue weighted by molar-refractivity contribution is 6.17. The van der Waals surface area contributed by atoms with E-state index >= 15 is 0 Å². The molecule has 0 aliphatic rings. The van der Waals surface area contributed by atoms with Gasteiger partial charge in [-0.3, -0.25) is 4.79 Å².